The van der Waals surface area contributed by atoms with Gasteiger partial charge in [-0.05, 0) is 85.3 Å². The highest BCUT2D eigenvalue weighted by Crippen LogP contribution is 2.30. The summed E-state index contributed by atoms with van der Waals surface area (Å²) >= 11 is 0. The maximum atomic E-state index is 12.7. The Morgan fingerprint density at radius 1 is 1.03 bits per heavy atom. The van der Waals surface area contributed by atoms with Gasteiger partial charge in [0.15, 0.2) is 0 Å². The zero-order chi connectivity index (χ0) is 21.8. The molecule has 1 aromatic heterocycles. The molecule has 6 heteroatoms. The van der Waals surface area contributed by atoms with Crippen molar-refractivity contribution in [1.82, 2.24) is 9.88 Å². The van der Waals surface area contributed by atoms with Gasteiger partial charge in [0.05, 0.1) is 5.56 Å². The maximum absolute atomic E-state index is 12.7. The number of likely N-dealkylation sites (tertiary alicyclic amines) is 1. The predicted octanol–water partition coefficient (Wildman–Crippen LogP) is 5.78. The predicted molar refractivity (Wildman–Crippen MR) is 117 cm³/mol. The molecule has 1 saturated heterocycles. The van der Waals surface area contributed by atoms with Gasteiger partial charge in [-0.2, -0.15) is 13.2 Å². The number of rotatable bonds is 6. The lowest BCUT2D eigenvalue weighted by Crippen LogP contribution is -2.34. The summed E-state index contributed by atoms with van der Waals surface area (Å²) in [6.45, 7) is 2.69. The van der Waals surface area contributed by atoms with E-state index in [-0.39, 0.29) is 5.56 Å². The van der Waals surface area contributed by atoms with E-state index in [0.717, 1.165) is 55.1 Å². The van der Waals surface area contributed by atoms with Crippen LogP contribution in [-0.4, -0.2) is 23.0 Å². The van der Waals surface area contributed by atoms with Crippen LogP contribution in [0.2, 0.25) is 0 Å². The third-order valence-electron chi connectivity index (χ3n) is 6.21. The van der Waals surface area contributed by atoms with Crippen LogP contribution in [0.25, 0.3) is 10.8 Å². The van der Waals surface area contributed by atoms with Gasteiger partial charge >= 0.3 is 6.18 Å². The number of halogens is 3. The van der Waals surface area contributed by atoms with Crippen molar-refractivity contribution in [1.29, 1.82) is 0 Å². The van der Waals surface area contributed by atoms with Crippen molar-refractivity contribution in [2.45, 2.75) is 44.8 Å². The van der Waals surface area contributed by atoms with E-state index in [0.29, 0.717) is 12.5 Å². The molecule has 31 heavy (non-hydrogen) atoms. The standard InChI is InChI=1S/C25H27F3N2O/c26-25(27,28)22-9-6-20(7-10-22)17-30-14-2-5-19(16-30)4-1-3-18-8-11-23-21(15-18)12-13-29-24(23)31/h6-13,15,19H,1-5,14,16-17H2,(H,29,31)/t19-/m1/s1. The summed E-state index contributed by atoms with van der Waals surface area (Å²) in [6.07, 6.45) is 2.94. The number of aromatic nitrogens is 1. The molecule has 1 aliphatic rings. The number of hydrogen-bond donors (Lipinski definition) is 1. The van der Waals surface area contributed by atoms with Crippen LogP contribution in [-0.2, 0) is 19.1 Å². The van der Waals surface area contributed by atoms with Crippen LogP contribution in [0, 0.1) is 5.92 Å². The van der Waals surface area contributed by atoms with Gasteiger partial charge in [0, 0.05) is 24.7 Å². The first-order chi connectivity index (χ1) is 14.9. The molecule has 0 saturated carbocycles. The Kier molecular flexibility index (Phi) is 6.46. The van der Waals surface area contributed by atoms with E-state index >= 15 is 0 Å². The first-order valence-corrected chi connectivity index (χ1v) is 10.9. The van der Waals surface area contributed by atoms with Crippen LogP contribution in [0.15, 0.2) is 59.5 Å². The fourth-order valence-corrected chi connectivity index (χ4v) is 4.58. The van der Waals surface area contributed by atoms with Crippen LogP contribution in [0.3, 0.4) is 0 Å². The zero-order valence-corrected chi connectivity index (χ0v) is 17.4. The summed E-state index contributed by atoms with van der Waals surface area (Å²) in [7, 11) is 0. The van der Waals surface area contributed by atoms with E-state index in [1.807, 2.05) is 18.2 Å². The van der Waals surface area contributed by atoms with E-state index in [4.69, 9.17) is 0 Å². The van der Waals surface area contributed by atoms with Crippen molar-refractivity contribution in [3.8, 4) is 0 Å². The topological polar surface area (TPSA) is 36.1 Å². The van der Waals surface area contributed by atoms with E-state index in [1.54, 1.807) is 18.3 Å². The molecule has 2 heterocycles. The normalized spacial score (nSPS) is 17.8. The fourth-order valence-electron chi connectivity index (χ4n) is 4.58. The Hall–Kier alpha value is -2.60. The quantitative estimate of drug-likeness (QED) is 0.540. The fraction of sp³-hybridized carbons (Fsp3) is 0.400. The maximum Gasteiger partial charge on any atom is 0.416 e. The SMILES string of the molecule is O=c1[nH]ccc2cc(CCC[C@@H]3CCCN(Cc4ccc(C(F)(F)F)cc4)C3)ccc12. The van der Waals surface area contributed by atoms with Gasteiger partial charge in [-0.25, -0.2) is 0 Å². The van der Waals surface area contributed by atoms with E-state index in [9.17, 15) is 18.0 Å². The molecule has 0 amide bonds. The summed E-state index contributed by atoms with van der Waals surface area (Å²) in [4.78, 5) is 16.9. The second kappa shape index (κ2) is 9.27. The first-order valence-electron chi connectivity index (χ1n) is 10.9. The van der Waals surface area contributed by atoms with Crippen molar-refractivity contribution in [2.24, 2.45) is 5.92 Å². The molecule has 1 atom stereocenters. The summed E-state index contributed by atoms with van der Waals surface area (Å²) in [5, 5.41) is 1.69. The Morgan fingerprint density at radius 3 is 2.58 bits per heavy atom. The lowest BCUT2D eigenvalue weighted by Gasteiger charge is -2.33. The molecule has 1 aliphatic heterocycles. The number of H-pyrrole nitrogens is 1. The van der Waals surface area contributed by atoms with Crippen LogP contribution < -0.4 is 5.56 Å². The second-order valence-electron chi connectivity index (χ2n) is 8.56. The number of fused-ring (bicyclic) bond motifs is 1. The molecule has 4 rings (SSSR count). The van der Waals surface area contributed by atoms with E-state index in [1.165, 1.54) is 24.1 Å². The Bertz CT molecular complexity index is 1070. The number of aryl methyl sites for hydroxylation is 1. The van der Waals surface area contributed by atoms with Crippen molar-refractivity contribution in [3.63, 3.8) is 0 Å². The number of hydrogen-bond acceptors (Lipinski definition) is 2. The number of nitrogens with one attached hydrogen (secondary N) is 1. The minimum atomic E-state index is -4.28. The van der Waals surface area contributed by atoms with Crippen LogP contribution in [0.4, 0.5) is 13.2 Å². The molecule has 2 aromatic carbocycles. The summed E-state index contributed by atoms with van der Waals surface area (Å²) in [6, 6.07) is 13.5. The lowest BCUT2D eigenvalue weighted by molar-refractivity contribution is -0.137. The molecule has 1 N–H and O–H groups in total. The molecule has 0 bridgehead atoms. The van der Waals surface area contributed by atoms with Gasteiger partial charge in [-0.3, -0.25) is 9.69 Å². The number of aromatic amines is 1. The molecule has 0 unspecified atom stereocenters. The Labute approximate surface area is 179 Å². The molecule has 1 fully saturated rings. The number of nitrogens with zero attached hydrogens (tertiary/aromatic N) is 1. The monoisotopic (exact) mass is 428 g/mol. The molecular weight excluding hydrogens is 401 g/mol. The van der Waals surface area contributed by atoms with Crippen molar-refractivity contribution >= 4 is 10.8 Å². The highest BCUT2D eigenvalue weighted by molar-refractivity contribution is 5.81. The highest BCUT2D eigenvalue weighted by atomic mass is 19.4. The van der Waals surface area contributed by atoms with Gasteiger partial charge in [-0.1, -0.05) is 24.3 Å². The minimum absolute atomic E-state index is 0.0561. The highest BCUT2D eigenvalue weighted by Gasteiger charge is 2.30. The van der Waals surface area contributed by atoms with Gasteiger partial charge in [-0.15, -0.1) is 0 Å². The van der Waals surface area contributed by atoms with E-state index < -0.39 is 11.7 Å². The van der Waals surface area contributed by atoms with Crippen LogP contribution in [0.5, 0.6) is 0 Å². The zero-order valence-electron chi connectivity index (χ0n) is 17.4. The minimum Gasteiger partial charge on any atom is -0.329 e. The van der Waals surface area contributed by atoms with Crippen molar-refractivity contribution < 1.29 is 13.2 Å². The number of benzene rings is 2. The van der Waals surface area contributed by atoms with Gasteiger partial charge in [0.25, 0.3) is 5.56 Å². The first kappa shape index (κ1) is 21.6. The summed E-state index contributed by atoms with van der Waals surface area (Å²) < 4.78 is 38.2. The van der Waals surface area contributed by atoms with Crippen molar-refractivity contribution in [3.05, 3.63) is 81.8 Å². The average molecular weight is 428 g/mol. The number of alkyl halides is 3. The average Bonchev–Trinajstić information content (AvgIpc) is 2.74. The largest absolute Gasteiger partial charge is 0.416 e. The van der Waals surface area contributed by atoms with Crippen LogP contribution >= 0.6 is 0 Å². The number of piperidine rings is 1. The second-order valence-corrected chi connectivity index (χ2v) is 8.56. The van der Waals surface area contributed by atoms with Gasteiger partial charge in [0.1, 0.15) is 0 Å². The molecule has 3 nitrogen and oxygen atoms in total. The smallest absolute Gasteiger partial charge is 0.329 e. The van der Waals surface area contributed by atoms with E-state index in [2.05, 4.69) is 16.0 Å². The summed E-state index contributed by atoms with van der Waals surface area (Å²) in [5.74, 6) is 0.617. The summed E-state index contributed by atoms with van der Waals surface area (Å²) in [5.41, 5.74) is 1.53. The number of pyridine rings is 1. The lowest BCUT2D eigenvalue weighted by atomic mass is 9.91. The van der Waals surface area contributed by atoms with Crippen LogP contribution in [0.1, 0.15) is 42.4 Å². The van der Waals surface area contributed by atoms with Crippen molar-refractivity contribution in [2.75, 3.05) is 13.1 Å². The third kappa shape index (κ3) is 5.56. The Morgan fingerprint density at radius 2 is 1.81 bits per heavy atom. The molecule has 164 valence electrons. The molecular formula is C25H27F3N2O. The molecule has 3 aromatic rings. The Balaban J connectivity index is 1.28. The third-order valence-corrected chi connectivity index (χ3v) is 6.21. The molecule has 0 spiro atoms. The van der Waals surface area contributed by atoms with Gasteiger partial charge in [0.2, 0.25) is 0 Å². The molecule has 0 radical (unpaired) electrons. The molecule has 0 aliphatic carbocycles. The van der Waals surface area contributed by atoms with Gasteiger partial charge < -0.3 is 4.98 Å².